The fraction of sp³-hybridized carbons (Fsp3) is 0.833. The van der Waals surface area contributed by atoms with Crippen molar-refractivity contribution < 1.29 is 17.9 Å². The molecule has 0 aliphatic heterocycles. The Bertz CT molecular complexity index is 549. The lowest BCUT2D eigenvalue weighted by Gasteiger charge is -2.45. The predicted molar refractivity (Wildman–Crippen MR) is 108 cm³/mol. The van der Waals surface area contributed by atoms with Crippen LogP contribution in [0.25, 0.3) is 0 Å². The number of hydrogen-bond donors (Lipinski definition) is 0. The van der Waals surface area contributed by atoms with Gasteiger partial charge in [-0.05, 0) is 75.0 Å². The van der Waals surface area contributed by atoms with E-state index < -0.39 is 12.0 Å². The van der Waals surface area contributed by atoms with Crippen molar-refractivity contribution in [3.63, 3.8) is 0 Å². The molecular weight excluding hydrogens is 361 g/mol. The van der Waals surface area contributed by atoms with E-state index in [1.807, 2.05) is 19.1 Å². The second-order valence-electron chi connectivity index (χ2n) is 9.35. The minimum Gasteiger partial charge on any atom is -0.280 e. The summed E-state index contributed by atoms with van der Waals surface area (Å²) < 4.78 is 44.4. The molecule has 0 saturated heterocycles. The largest absolute Gasteiger partial charge is 0.523 e. The molecule has 0 radical (unpaired) electrons. The van der Waals surface area contributed by atoms with Crippen molar-refractivity contribution in [1.29, 1.82) is 0 Å². The Morgan fingerprint density at radius 1 is 0.964 bits per heavy atom. The van der Waals surface area contributed by atoms with E-state index in [0.717, 1.165) is 49.5 Å². The Morgan fingerprint density at radius 2 is 1.57 bits per heavy atom. The predicted octanol–water partition coefficient (Wildman–Crippen LogP) is 7.97. The molecule has 1 unspecified atom stereocenters. The molecule has 1 nitrogen and oxygen atoms in total. The molecule has 160 valence electrons. The fourth-order valence-corrected chi connectivity index (χ4v) is 6.05. The Morgan fingerprint density at radius 3 is 2.04 bits per heavy atom. The van der Waals surface area contributed by atoms with Crippen LogP contribution in [0.5, 0.6) is 0 Å². The van der Waals surface area contributed by atoms with E-state index in [9.17, 15) is 13.2 Å². The summed E-state index contributed by atoms with van der Waals surface area (Å²) in [5.41, 5.74) is -0.0837. The maximum atomic E-state index is 13.2. The highest BCUT2D eigenvalue weighted by molar-refractivity contribution is 5.29. The van der Waals surface area contributed by atoms with Gasteiger partial charge < -0.3 is 0 Å². The molecule has 0 aromatic heterocycles. The first-order valence-electron chi connectivity index (χ1n) is 11.5. The summed E-state index contributed by atoms with van der Waals surface area (Å²) in [6.07, 6.45) is 14.0. The molecule has 28 heavy (non-hydrogen) atoms. The molecule has 0 N–H and O–H groups in total. The lowest BCUT2D eigenvalue weighted by molar-refractivity contribution is -0.366. The quantitative estimate of drug-likeness (QED) is 0.441. The van der Waals surface area contributed by atoms with Crippen LogP contribution in [0, 0.1) is 23.7 Å². The standard InChI is InChI=1S/C24H37F3O/c1-3-5-19-6-8-20(9-7-19)21-10-12-22(13-11-21)23(28-24(25,26)27)16-14-18(4-2)15-17-23/h14-16,19-22H,3-13,17H2,1-2H3/t19-,20-,21-,22-,23?. The lowest BCUT2D eigenvalue weighted by Crippen LogP contribution is -2.45. The molecule has 2 fully saturated rings. The summed E-state index contributed by atoms with van der Waals surface area (Å²) in [7, 11) is 0. The van der Waals surface area contributed by atoms with Gasteiger partial charge in [-0.25, -0.2) is 0 Å². The number of ether oxygens (including phenoxy) is 1. The first-order valence-corrected chi connectivity index (χ1v) is 11.5. The molecular formula is C24H37F3O. The summed E-state index contributed by atoms with van der Waals surface area (Å²) in [6, 6.07) is 0. The van der Waals surface area contributed by atoms with Crippen LogP contribution in [0.4, 0.5) is 13.2 Å². The topological polar surface area (TPSA) is 9.23 Å². The van der Waals surface area contributed by atoms with Crippen molar-refractivity contribution in [3.05, 3.63) is 23.8 Å². The van der Waals surface area contributed by atoms with E-state index in [1.165, 1.54) is 38.5 Å². The van der Waals surface area contributed by atoms with Gasteiger partial charge in [0.15, 0.2) is 0 Å². The van der Waals surface area contributed by atoms with E-state index in [0.29, 0.717) is 12.3 Å². The van der Waals surface area contributed by atoms with E-state index in [4.69, 9.17) is 4.74 Å². The van der Waals surface area contributed by atoms with Gasteiger partial charge >= 0.3 is 6.36 Å². The van der Waals surface area contributed by atoms with Crippen LogP contribution >= 0.6 is 0 Å². The number of halogens is 3. The van der Waals surface area contributed by atoms with Gasteiger partial charge in [0.05, 0.1) is 0 Å². The summed E-state index contributed by atoms with van der Waals surface area (Å²) in [4.78, 5) is 0. The van der Waals surface area contributed by atoms with Gasteiger partial charge in [-0.1, -0.05) is 63.3 Å². The van der Waals surface area contributed by atoms with E-state index >= 15 is 0 Å². The Hall–Kier alpha value is -0.770. The third-order valence-electron chi connectivity index (χ3n) is 7.69. The van der Waals surface area contributed by atoms with Gasteiger partial charge in [-0.2, -0.15) is 0 Å². The van der Waals surface area contributed by atoms with Gasteiger partial charge in [0, 0.05) is 0 Å². The highest BCUT2D eigenvalue weighted by Gasteiger charge is 2.48. The van der Waals surface area contributed by atoms with Crippen LogP contribution in [0.1, 0.15) is 90.9 Å². The molecule has 0 aromatic carbocycles. The van der Waals surface area contributed by atoms with Crippen LogP contribution in [-0.2, 0) is 4.74 Å². The van der Waals surface area contributed by atoms with Crippen molar-refractivity contribution in [1.82, 2.24) is 0 Å². The van der Waals surface area contributed by atoms with Gasteiger partial charge in [-0.15, -0.1) is 13.2 Å². The summed E-state index contributed by atoms with van der Waals surface area (Å²) in [5, 5.41) is 0. The van der Waals surface area contributed by atoms with E-state index in [-0.39, 0.29) is 5.92 Å². The summed E-state index contributed by atoms with van der Waals surface area (Å²) >= 11 is 0. The van der Waals surface area contributed by atoms with Gasteiger partial charge in [-0.3, -0.25) is 4.74 Å². The number of rotatable bonds is 6. The first kappa shape index (κ1) is 21.9. The molecule has 1 atom stereocenters. The second-order valence-corrected chi connectivity index (χ2v) is 9.35. The van der Waals surface area contributed by atoms with Crippen LogP contribution < -0.4 is 0 Å². The molecule has 0 bridgehead atoms. The average Bonchev–Trinajstić information content (AvgIpc) is 2.68. The molecule has 0 spiro atoms. The van der Waals surface area contributed by atoms with Crippen LogP contribution in [0.3, 0.4) is 0 Å². The average molecular weight is 399 g/mol. The van der Waals surface area contributed by atoms with Crippen molar-refractivity contribution in [2.24, 2.45) is 23.7 Å². The summed E-state index contributed by atoms with van der Waals surface area (Å²) in [5.74, 6) is 2.37. The van der Waals surface area contributed by atoms with E-state index in [1.54, 1.807) is 6.08 Å². The van der Waals surface area contributed by atoms with Gasteiger partial charge in [0.2, 0.25) is 0 Å². The molecule has 2 saturated carbocycles. The molecule has 0 heterocycles. The maximum absolute atomic E-state index is 13.2. The van der Waals surface area contributed by atoms with Crippen LogP contribution in [0.2, 0.25) is 0 Å². The molecule has 3 aliphatic rings. The maximum Gasteiger partial charge on any atom is 0.523 e. The van der Waals surface area contributed by atoms with Crippen molar-refractivity contribution in [3.8, 4) is 0 Å². The zero-order valence-corrected chi connectivity index (χ0v) is 17.6. The minimum absolute atomic E-state index is 0.0345. The van der Waals surface area contributed by atoms with Crippen LogP contribution in [0.15, 0.2) is 23.8 Å². The third kappa shape index (κ3) is 5.43. The highest BCUT2D eigenvalue weighted by Crippen LogP contribution is 2.48. The minimum atomic E-state index is -4.59. The van der Waals surface area contributed by atoms with Crippen molar-refractivity contribution in [2.75, 3.05) is 0 Å². The van der Waals surface area contributed by atoms with Crippen LogP contribution in [-0.4, -0.2) is 12.0 Å². The Kier molecular flexibility index (Phi) is 7.33. The zero-order valence-electron chi connectivity index (χ0n) is 17.6. The highest BCUT2D eigenvalue weighted by atomic mass is 19.4. The fourth-order valence-electron chi connectivity index (χ4n) is 6.05. The Balaban J connectivity index is 1.59. The molecule has 0 amide bonds. The number of hydrogen-bond acceptors (Lipinski definition) is 1. The van der Waals surface area contributed by atoms with Crippen molar-refractivity contribution >= 4 is 0 Å². The second kappa shape index (κ2) is 9.36. The zero-order chi connectivity index (χ0) is 20.2. The smallest absolute Gasteiger partial charge is 0.280 e. The summed E-state index contributed by atoms with van der Waals surface area (Å²) in [6.45, 7) is 4.30. The molecule has 3 aliphatic carbocycles. The van der Waals surface area contributed by atoms with E-state index in [2.05, 4.69) is 6.92 Å². The number of allylic oxidation sites excluding steroid dienone is 2. The molecule has 0 aromatic rings. The van der Waals surface area contributed by atoms with Crippen molar-refractivity contribution in [2.45, 2.75) is 103 Å². The lowest BCUT2D eigenvalue weighted by atomic mass is 9.65. The van der Waals surface area contributed by atoms with Gasteiger partial charge in [0.25, 0.3) is 0 Å². The Labute approximate surface area is 168 Å². The SMILES string of the molecule is CCC[C@H]1CC[C@H]([C@H]2CC[C@H](C3(OC(F)(F)F)C=CC(CC)=CC3)CC2)CC1. The molecule has 4 heteroatoms. The molecule has 3 rings (SSSR count). The monoisotopic (exact) mass is 398 g/mol. The van der Waals surface area contributed by atoms with Gasteiger partial charge in [0.1, 0.15) is 5.60 Å². The normalized spacial score (nSPS) is 37.0. The number of alkyl halides is 3. The third-order valence-corrected chi connectivity index (χ3v) is 7.69. The first-order chi connectivity index (χ1) is 13.3.